The van der Waals surface area contributed by atoms with Crippen molar-refractivity contribution in [3.8, 4) is 0 Å². The fourth-order valence-electron chi connectivity index (χ4n) is 3.74. The Morgan fingerprint density at radius 3 is 1.55 bits per heavy atom. The van der Waals surface area contributed by atoms with Gasteiger partial charge in [0.2, 0.25) is 0 Å². The van der Waals surface area contributed by atoms with Gasteiger partial charge in [-0.2, -0.15) is 0 Å². The molecule has 3 heteroatoms. The van der Waals surface area contributed by atoms with E-state index in [9.17, 15) is 0 Å². The zero-order chi connectivity index (χ0) is 16.4. The van der Waals surface area contributed by atoms with Crippen molar-refractivity contribution in [2.75, 3.05) is 32.8 Å². The molecule has 2 heterocycles. The molecule has 2 rings (SSSR count). The number of hydrogen-bond donors (Lipinski definition) is 0. The van der Waals surface area contributed by atoms with Crippen LogP contribution in [0.1, 0.15) is 67.2 Å². The number of rotatable bonds is 3. The summed E-state index contributed by atoms with van der Waals surface area (Å²) in [5.74, 6) is 0.777. The molecule has 0 atom stereocenters. The Hall–Kier alpha value is -0.120. The lowest BCUT2D eigenvalue weighted by Gasteiger charge is -2.42. The Balaban J connectivity index is 1.64. The van der Waals surface area contributed by atoms with Gasteiger partial charge in [0, 0.05) is 30.8 Å². The van der Waals surface area contributed by atoms with Gasteiger partial charge in [-0.15, -0.1) is 0 Å². The summed E-state index contributed by atoms with van der Waals surface area (Å²) in [7, 11) is 0. The molecular weight excluding hydrogens is 272 g/mol. The molecule has 2 fully saturated rings. The lowest BCUT2D eigenvalue weighted by molar-refractivity contribution is -0.0371. The highest BCUT2D eigenvalue weighted by Crippen LogP contribution is 2.26. The fraction of sp³-hybridized carbons (Fsp3) is 1.00. The number of ether oxygens (including phenoxy) is 1. The monoisotopic (exact) mass is 310 g/mol. The lowest BCUT2D eigenvalue weighted by Crippen LogP contribution is -2.48. The quantitative estimate of drug-likeness (QED) is 0.789. The zero-order valence-corrected chi connectivity index (χ0v) is 15.8. The van der Waals surface area contributed by atoms with Crippen molar-refractivity contribution < 1.29 is 4.74 Å². The van der Waals surface area contributed by atoms with Crippen LogP contribution in [0.15, 0.2) is 0 Å². The van der Waals surface area contributed by atoms with Crippen molar-refractivity contribution in [2.24, 2.45) is 5.92 Å². The van der Waals surface area contributed by atoms with E-state index < -0.39 is 0 Å². The first-order valence-electron chi connectivity index (χ1n) is 9.28. The second-order valence-electron chi connectivity index (χ2n) is 9.29. The number of piperidine rings is 2. The molecule has 2 saturated heterocycles. The van der Waals surface area contributed by atoms with Crippen LogP contribution in [0, 0.1) is 5.92 Å². The van der Waals surface area contributed by atoms with Crippen molar-refractivity contribution in [2.45, 2.75) is 84.4 Å². The molecule has 0 aromatic heterocycles. The van der Waals surface area contributed by atoms with E-state index in [0.717, 1.165) is 12.5 Å². The summed E-state index contributed by atoms with van der Waals surface area (Å²) in [4.78, 5) is 5.21. The van der Waals surface area contributed by atoms with Gasteiger partial charge in [0.25, 0.3) is 0 Å². The van der Waals surface area contributed by atoms with Crippen molar-refractivity contribution in [3.05, 3.63) is 0 Å². The Morgan fingerprint density at radius 2 is 1.14 bits per heavy atom. The summed E-state index contributed by atoms with van der Waals surface area (Å²) in [6.45, 7) is 19.8. The van der Waals surface area contributed by atoms with Gasteiger partial charge in [0.1, 0.15) is 0 Å². The molecule has 0 spiro atoms. The first-order valence-corrected chi connectivity index (χ1v) is 9.28. The summed E-state index contributed by atoms with van der Waals surface area (Å²) < 4.78 is 6.26. The third-order valence-electron chi connectivity index (χ3n) is 5.52. The summed E-state index contributed by atoms with van der Waals surface area (Å²) in [6, 6.07) is 0. The largest absolute Gasteiger partial charge is 0.378 e. The van der Waals surface area contributed by atoms with E-state index in [1.54, 1.807) is 0 Å². The lowest BCUT2D eigenvalue weighted by atomic mass is 9.93. The Labute approximate surface area is 138 Å². The second-order valence-corrected chi connectivity index (χ2v) is 9.29. The van der Waals surface area contributed by atoms with E-state index in [0.29, 0.717) is 17.2 Å². The molecule has 22 heavy (non-hydrogen) atoms. The van der Waals surface area contributed by atoms with E-state index in [2.05, 4.69) is 51.3 Å². The third kappa shape index (κ3) is 5.21. The highest BCUT2D eigenvalue weighted by molar-refractivity contribution is 4.84. The Kier molecular flexibility index (Phi) is 5.95. The van der Waals surface area contributed by atoms with Gasteiger partial charge in [-0.3, -0.25) is 9.80 Å². The third-order valence-corrected chi connectivity index (χ3v) is 5.52. The summed E-state index contributed by atoms with van der Waals surface area (Å²) in [6.07, 6.45) is 5.52. The Morgan fingerprint density at radius 1 is 0.727 bits per heavy atom. The van der Waals surface area contributed by atoms with Crippen LogP contribution < -0.4 is 0 Å². The minimum Gasteiger partial charge on any atom is -0.378 e. The molecular formula is C19H38N2O. The first-order chi connectivity index (χ1) is 10.2. The van der Waals surface area contributed by atoms with Crippen LogP contribution in [-0.2, 0) is 4.74 Å². The molecule has 2 aliphatic rings. The molecule has 0 saturated carbocycles. The molecule has 0 unspecified atom stereocenters. The van der Waals surface area contributed by atoms with Gasteiger partial charge < -0.3 is 4.74 Å². The zero-order valence-electron chi connectivity index (χ0n) is 15.8. The molecule has 0 aromatic carbocycles. The second kappa shape index (κ2) is 7.19. The van der Waals surface area contributed by atoms with Crippen LogP contribution in [0.4, 0.5) is 0 Å². The summed E-state index contributed by atoms with van der Waals surface area (Å²) in [5.41, 5.74) is 0.635. The molecule has 3 nitrogen and oxygen atoms in total. The van der Waals surface area contributed by atoms with Gasteiger partial charge in [-0.1, -0.05) is 0 Å². The van der Waals surface area contributed by atoms with E-state index >= 15 is 0 Å². The molecule has 0 bridgehead atoms. The molecule has 0 aliphatic carbocycles. The predicted molar refractivity (Wildman–Crippen MR) is 94.4 cm³/mol. The minimum absolute atomic E-state index is 0.310. The van der Waals surface area contributed by atoms with E-state index in [1.165, 1.54) is 51.9 Å². The van der Waals surface area contributed by atoms with Gasteiger partial charge in [0.05, 0.1) is 6.10 Å². The number of nitrogens with zero attached hydrogens (tertiary/aromatic N) is 2. The van der Waals surface area contributed by atoms with Gasteiger partial charge in [0.15, 0.2) is 0 Å². The first kappa shape index (κ1) is 18.2. The maximum Gasteiger partial charge on any atom is 0.0599 e. The van der Waals surface area contributed by atoms with Crippen LogP contribution in [0.5, 0.6) is 0 Å². The average Bonchev–Trinajstić information content (AvgIpc) is 2.44. The number of likely N-dealkylation sites (tertiary alicyclic amines) is 2. The molecule has 130 valence electrons. The van der Waals surface area contributed by atoms with Crippen molar-refractivity contribution in [3.63, 3.8) is 0 Å². The predicted octanol–water partition coefficient (Wildman–Crippen LogP) is 3.78. The topological polar surface area (TPSA) is 15.7 Å². The van der Waals surface area contributed by atoms with E-state index in [4.69, 9.17) is 4.74 Å². The van der Waals surface area contributed by atoms with Crippen molar-refractivity contribution in [1.82, 2.24) is 9.80 Å². The smallest absolute Gasteiger partial charge is 0.0599 e. The van der Waals surface area contributed by atoms with Crippen LogP contribution in [0.2, 0.25) is 0 Å². The number of hydrogen-bond acceptors (Lipinski definition) is 3. The normalized spacial score (nSPS) is 24.8. The van der Waals surface area contributed by atoms with Crippen LogP contribution in [0.25, 0.3) is 0 Å². The summed E-state index contributed by atoms with van der Waals surface area (Å²) in [5, 5.41) is 0. The van der Waals surface area contributed by atoms with Crippen LogP contribution >= 0.6 is 0 Å². The maximum absolute atomic E-state index is 6.26. The van der Waals surface area contributed by atoms with E-state index in [-0.39, 0.29) is 0 Å². The van der Waals surface area contributed by atoms with Crippen LogP contribution in [0.3, 0.4) is 0 Å². The van der Waals surface area contributed by atoms with Crippen molar-refractivity contribution in [1.29, 1.82) is 0 Å². The molecule has 0 amide bonds. The van der Waals surface area contributed by atoms with Gasteiger partial charge in [-0.25, -0.2) is 0 Å². The minimum atomic E-state index is 0.310. The summed E-state index contributed by atoms with van der Waals surface area (Å²) >= 11 is 0. The molecule has 2 aliphatic heterocycles. The fourth-order valence-corrected chi connectivity index (χ4v) is 3.74. The standard InChI is InChI=1S/C19H38N2O/c1-18(2,3)20-11-7-16(8-12-20)15-22-17-9-13-21(14-10-17)19(4,5)6/h16-17H,7-15H2,1-6H3. The molecule has 0 aromatic rings. The Bertz CT molecular complexity index is 292. The van der Waals surface area contributed by atoms with Gasteiger partial charge in [-0.05, 0) is 86.2 Å². The van der Waals surface area contributed by atoms with Gasteiger partial charge >= 0.3 is 0 Å². The average molecular weight is 311 g/mol. The highest BCUT2D eigenvalue weighted by Gasteiger charge is 2.29. The molecule has 0 radical (unpaired) electrons. The van der Waals surface area contributed by atoms with Crippen molar-refractivity contribution >= 4 is 0 Å². The molecule has 0 N–H and O–H groups in total. The maximum atomic E-state index is 6.26. The van der Waals surface area contributed by atoms with Crippen LogP contribution in [-0.4, -0.2) is 59.8 Å². The SMILES string of the molecule is CC(C)(C)N1CCC(COC2CCN(C(C)(C)C)CC2)CC1. The highest BCUT2D eigenvalue weighted by atomic mass is 16.5. The van der Waals surface area contributed by atoms with E-state index in [1.807, 2.05) is 0 Å².